The van der Waals surface area contributed by atoms with Crippen molar-refractivity contribution in [2.24, 2.45) is 5.92 Å². The van der Waals surface area contributed by atoms with E-state index in [0.717, 1.165) is 48.3 Å². The molecule has 0 saturated heterocycles. The fraction of sp³-hybridized carbons (Fsp3) is 0.524. The molecule has 0 atom stereocenters. The molecule has 0 saturated carbocycles. The lowest BCUT2D eigenvalue weighted by Gasteiger charge is -2.38. The van der Waals surface area contributed by atoms with E-state index in [-0.39, 0.29) is 5.56 Å². The monoisotopic (exact) mass is 370 g/mol. The zero-order chi connectivity index (χ0) is 19.6. The molecule has 2 aromatic rings. The van der Waals surface area contributed by atoms with Crippen molar-refractivity contribution in [2.75, 3.05) is 25.2 Å². The molecule has 1 aromatic heterocycles. The van der Waals surface area contributed by atoms with Crippen LogP contribution in [0.5, 0.6) is 5.75 Å². The van der Waals surface area contributed by atoms with E-state index < -0.39 is 0 Å². The molecule has 1 aliphatic heterocycles. The molecule has 6 heteroatoms. The predicted molar refractivity (Wildman–Crippen MR) is 109 cm³/mol. The molecular weight excluding hydrogens is 340 g/mol. The molecule has 2 heterocycles. The number of hydrogen-bond donors (Lipinski definition) is 0. The number of nitrogens with zero attached hydrogens (tertiary/aromatic N) is 4. The molecule has 3 rings (SSSR count). The maximum atomic E-state index is 13.1. The van der Waals surface area contributed by atoms with Gasteiger partial charge in [0, 0.05) is 23.5 Å². The Kier molecular flexibility index (Phi) is 5.85. The molecule has 0 spiro atoms. The van der Waals surface area contributed by atoms with Crippen molar-refractivity contribution in [3.8, 4) is 5.75 Å². The van der Waals surface area contributed by atoms with Crippen LogP contribution in [0, 0.1) is 12.8 Å². The highest BCUT2D eigenvalue weighted by Crippen LogP contribution is 2.29. The van der Waals surface area contributed by atoms with Crippen molar-refractivity contribution in [1.82, 2.24) is 14.5 Å². The highest BCUT2D eigenvalue weighted by atomic mass is 16.5. The summed E-state index contributed by atoms with van der Waals surface area (Å²) in [6, 6.07) is 7.92. The van der Waals surface area contributed by atoms with E-state index >= 15 is 0 Å². The second kappa shape index (κ2) is 8.13. The zero-order valence-corrected chi connectivity index (χ0v) is 17.0. The van der Waals surface area contributed by atoms with Crippen LogP contribution in [0.3, 0.4) is 0 Å². The molecule has 0 unspecified atom stereocenters. The summed E-state index contributed by atoms with van der Waals surface area (Å²) in [7, 11) is 1.66. The van der Waals surface area contributed by atoms with Gasteiger partial charge in [-0.25, -0.2) is 4.98 Å². The SMILES string of the molecule is CCc1c(C)nc2n(c1=O)CN(CCC(C)C)CN2c1ccc(OC)cc1. The van der Waals surface area contributed by atoms with Gasteiger partial charge in [0.1, 0.15) is 5.75 Å². The highest BCUT2D eigenvalue weighted by molar-refractivity contribution is 5.59. The first-order valence-electron chi connectivity index (χ1n) is 9.68. The lowest BCUT2D eigenvalue weighted by molar-refractivity contribution is 0.188. The first-order chi connectivity index (χ1) is 12.9. The molecule has 0 aliphatic carbocycles. The molecular formula is C21H30N4O2. The zero-order valence-electron chi connectivity index (χ0n) is 17.0. The number of aryl methyl sites for hydroxylation is 1. The van der Waals surface area contributed by atoms with Crippen LogP contribution < -0.4 is 15.2 Å². The largest absolute Gasteiger partial charge is 0.497 e. The van der Waals surface area contributed by atoms with Gasteiger partial charge in [0.25, 0.3) is 5.56 Å². The maximum Gasteiger partial charge on any atom is 0.259 e. The molecule has 0 amide bonds. The smallest absolute Gasteiger partial charge is 0.259 e. The summed E-state index contributed by atoms with van der Waals surface area (Å²) in [5.74, 6) is 2.16. The maximum absolute atomic E-state index is 13.1. The standard InChI is InChI=1S/C21H30N4O2/c1-6-19-16(4)22-21-24(17-7-9-18(27-5)10-8-17)13-23(12-11-15(2)3)14-25(21)20(19)26/h7-10,15H,6,11-14H2,1-5H3. The van der Waals surface area contributed by atoms with E-state index in [1.54, 1.807) is 7.11 Å². The van der Waals surface area contributed by atoms with E-state index in [2.05, 4.69) is 23.6 Å². The molecule has 1 aromatic carbocycles. The van der Waals surface area contributed by atoms with Crippen molar-refractivity contribution < 1.29 is 4.74 Å². The molecule has 0 bridgehead atoms. The number of fused-ring (bicyclic) bond motifs is 1. The van der Waals surface area contributed by atoms with E-state index in [4.69, 9.17) is 9.72 Å². The summed E-state index contributed by atoms with van der Waals surface area (Å²) in [6.45, 7) is 10.7. The molecule has 6 nitrogen and oxygen atoms in total. The minimum atomic E-state index is 0.0766. The van der Waals surface area contributed by atoms with Gasteiger partial charge >= 0.3 is 0 Å². The Bertz CT molecular complexity index is 842. The fourth-order valence-corrected chi connectivity index (χ4v) is 3.48. The van der Waals surface area contributed by atoms with Crippen LogP contribution in [0.1, 0.15) is 38.4 Å². The summed E-state index contributed by atoms with van der Waals surface area (Å²) in [4.78, 5) is 22.3. The second-order valence-corrected chi connectivity index (χ2v) is 7.55. The fourth-order valence-electron chi connectivity index (χ4n) is 3.48. The van der Waals surface area contributed by atoms with Crippen LogP contribution in [0.2, 0.25) is 0 Å². The molecule has 27 heavy (non-hydrogen) atoms. The summed E-state index contributed by atoms with van der Waals surface area (Å²) in [6.07, 6.45) is 1.80. The number of anilines is 2. The second-order valence-electron chi connectivity index (χ2n) is 7.55. The third-order valence-electron chi connectivity index (χ3n) is 5.13. The van der Waals surface area contributed by atoms with Gasteiger partial charge < -0.3 is 4.74 Å². The summed E-state index contributed by atoms with van der Waals surface area (Å²) < 4.78 is 7.10. The van der Waals surface area contributed by atoms with Crippen LogP contribution in [-0.2, 0) is 13.1 Å². The summed E-state index contributed by atoms with van der Waals surface area (Å²) in [5.41, 5.74) is 2.71. The van der Waals surface area contributed by atoms with Crippen molar-refractivity contribution >= 4 is 11.6 Å². The normalized spacial score (nSPS) is 14.5. The molecule has 0 radical (unpaired) electrons. The first-order valence-corrected chi connectivity index (χ1v) is 9.68. The summed E-state index contributed by atoms with van der Waals surface area (Å²) in [5, 5.41) is 0. The van der Waals surface area contributed by atoms with Gasteiger partial charge in [-0.2, -0.15) is 0 Å². The average Bonchev–Trinajstić information content (AvgIpc) is 2.66. The van der Waals surface area contributed by atoms with Gasteiger partial charge in [-0.1, -0.05) is 20.8 Å². The topological polar surface area (TPSA) is 50.6 Å². The Morgan fingerprint density at radius 1 is 1.19 bits per heavy atom. The molecule has 0 fully saturated rings. The van der Waals surface area contributed by atoms with Crippen molar-refractivity contribution in [3.63, 3.8) is 0 Å². The number of methoxy groups -OCH3 is 1. The minimum absolute atomic E-state index is 0.0766. The number of rotatable bonds is 6. The third kappa shape index (κ3) is 4.00. The number of aromatic nitrogens is 2. The lowest BCUT2D eigenvalue weighted by Crippen LogP contribution is -2.48. The quantitative estimate of drug-likeness (QED) is 0.778. The Morgan fingerprint density at radius 2 is 1.89 bits per heavy atom. The predicted octanol–water partition coefficient (Wildman–Crippen LogP) is 3.54. The van der Waals surface area contributed by atoms with Gasteiger partial charge in [0.05, 0.1) is 20.4 Å². The Hall–Kier alpha value is -2.34. The number of ether oxygens (including phenoxy) is 1. The molecule has 1 aliphatic rings. The van der Waals surface area contributed by atoms with E-state index in [9.17, 15) is 4.79 Å². The van der Waals surface area contributed by atoms with E-state index in [1.165, 1.54) is 0 Å². The summed E-state index contributed by atoms with van der Waals surface area (Å²) >= 11 is 0. The Labute approximate surface area is 161 Å². The Balaban J connectivity index is 2.05. The first kappa shape index (κ1) is 19.4. The van der Waals surface area contributed by atoms with Crippen molar-refractivity contribution in [3.05, 3.63) is 45.9 Å². The van der Waals surface area contributed by atoms with Gasteiger partial charge in [-0.15, -0.1) is 0 Å². The number of benzene rings is 1. The van der Waals surface area contributed by atoms with Gasteiger partial charge in [0.2, 0.25) is 5.95 Å². The minimum Gasteiger partial charge on any atom is -0.497 e. The molecule has 0 N–H and O–H groups in total. The van der Waals surface area contributed by atoms with Crippen LogP contribution in [-0.4, -0.2) is 34.8 Å². The molecule has 146 valence electrons. The van der Waals surface area contributed by atoms with Crippen molar-refractivity contribution in [1.29, 1.82) is 0 Å². The van der Waals surface area contributed by atoms with Gasteiger partial charge in [-0.05, 0) is 49.9 Å². The van der Waals surface area contributed by atoms with E-state index in [1.807, 2.05) is 42.7 Å². The van der Waals surface area contributed by atoms with Gasteiger partial charge in [-0.3, -0.25) is 19.2 Å². The highest BCUT2D eigenvalue weighted by Gasteiger charge is 2.27. The van der Waals surface area contributed by atoms with Gasteiger partial charge in [0.15, 0.2) is 0 Å². The van der Waals surface area contributed by atoms with Crippen LogP contribution in [0.15, 0.2) is 29.1 Å². The lowest BCUT2D eigenvalue weighted by atomic mass is 10.1. The third-order valence-corrected chi connectivity index (χ3v) is 5.13. The van der Waals surface area contributed by atoms with Crippen molar-refractivity contribution in [2.45, 2.75) is 47.2 Å². The average molecular weight is 370 g/mol. The van der Waals surface area contributed by atoms with Crippen LogP contribution in [0.25, 0.3) is 0 Å². The Morgan fingerprint density at radius 3 is 2.48 bits per heavy atom. The van der Waals surface area contributed by atoms with Crippen LogP contribution >= 0.6 is 0 Å². The number of hydrogen-bond acceptors (Lipinski definition) is 5. The van der Waals surface area contributed by atoms with Crippen LogP contribution in [0.4, 0.5) is 11.6 Å². The van der Waals surface area contributed by atoms with E-state index in [0.29, 0.717) is 19.0 Å².